The van der Waals surface area contributed by atoms with Gasteiger partial charge in [-0.1, -0.05) is 6.07 Å². The van der Waals surface area contributed by atoms with Crippen molar-refractivity contribution in [3.05, 3.63) is 64.9 Å². The molecule has 4 aromatic rings. The smallest absolute Gasteiger partial charge is 0.158 e. The zero-order chi connectivity index (χ0) is 22.8. The molecule has 0 fully saturated rings. The van der Waals surface area contributed by atoms with Crippen LogP contribution in [0.1, 0.15) is 35.4 Å². The van der Waals surface area contributed by atoms with Gasteiger partial charge in [-0.3, -0.25) is 4.98 Å². The SMILES string of the molecule is CCOc1ccc(-n2c(C)c3c(C)nnc(NCc4cccc(C)n4)c3c2C)c(OC)c1. The van der Waals surface area contributed by atoms with E-state index < -0.39 is 0 Å². The van der Waals surface area contributed by atoms with E-state index in [1.54, 1.807) is 7.11 Å². The van der Waals surface area contributed by atoms with Gasteiger partial charge in [0.05, 0.1) is 37.3 Å². The minimum Gasteiger partial charge on any atom is -0.494 e. The first-order chi connectivity index (χ1) is 15.4. The molecule has 0 amide bonds. The third kappa shape index (κ3) is 3.86. The van der Waals surface area contributed by atoms with Crippen molar-refractivity contribution in [2.45, 2.75) is 41.2 Å². The maximum Gasteiger partial charge on any atom is 0.158 e. The third-order valence-corrected chi connectivity index (χ3v) is 5.63. The summed E-state index contributed by atoms with van der Waals surface area (Å²) in [7, 11) is 1.68. The molecule has 0 saturated carbocycles. The van der Waals surface area contributed by atoms with Crippen LogP contribution in [0.25, 0.3) is 16.5 Å². The van der Waals surface area contributed by atoms with Crippen molar-refractivity contribution in [2.24, 2.45) is 0 Å². The molecule has 3 heterocycles. The lowest BCUT2D eigenvalue weighted by molar-refractivity contribution is 0.336. The maximum atomic E-state index is 5.71. The van der Waals surface area contributed by atoms with E-state index in [4.69, 9.17) is 9.47 Å². The minimum absolute atomic E-state index is 0.574. The van der Waals surface area contributed by atoms with Crippen molar-refractivity contribution < 1.29 is 9.47 Å². The van der Waals surface area contributed by atoms with E-state index in [-0.39, 0.29) is 0 Å². The Balaban J connectivity index is 1.82. The molecule has 1 N–H and O–H groups in total. The molecule has 7 heteroatoms. The summed E-state index contributed by atoms with van der Waals surface area (Å²) in [5.74, 6) is 2.28. The fourth-order valence-electron chi connectivity index (χ4n) is 4.25. The van der Waals surface area contributed by atoms with E-state index in [1.165, 1.54) is 0 Å². The molecule has 0 atom stereocenters. The van der Waals surface area contributed by atoms with Crippen molar-refractivity contribution >= 4 is 16.6 Å². The minimum atomic E-state index is 0.574. The number of aryl methyl sites for hydroxylation is 4. The van der Waals surface area contributed by atoms with Crippen LogP contribution < -0.4 is 14.8 Å². The lowest BCUT2D eigenvalue weighted by Gasteiger charge is -2.15. The number of anilines is 1. The highest BCUT2D eigenvalue weighted by molar-refractivity contribution is 5.98. The molecule has 1 aromatic carbocycles. The third-order valence-electron chi connectivity index (χ3n) is 5.63. The number of nitrogens with zero attached hydrogens (tertiary/aromatic N) is 4. The predicted octanol–water partition coefficient (Wildman–Crippen LogP) is 5.07. The second-order valence-corrected chi connectivity index (χ2v) is 7.78. The Bertz CT molecular complexity index is 1280. The van der Waals surface area contributed by atoms with E-state index in [2.05, 4.69) is 38.9 Å². The molecule has 0 saturated heterocycles. The molecule has 0 radical (unpaired) electrons. The zero-order valence-corrected chi connectivity index (χ0v) is 19.5. The summed E-state index contributed by atoms with van der Waals surface area (Å²) >= 11 is 0. The van der Waals surface area contributed by atoms with Gasteiger partial charge in [0.25, 0.3) is 0 Å². The first-order valence-corrected chi connectivity index (χ1v) is 10.8. The lowest BCUT2D eigenvalue weighted by atomic mass is 10.1. The highest BCUT2D eigenvalue weighted by Gasteiger charge is 2.21. The van der Waals surface area contributed by atoms with Crippen LogP contribution in [0.4, 0.5) is 5.82 Å². The molecule has 166 valence electrons. The van der Waals surface area contributed by atoms with Gasteiger partial charge in [0.1, 0.15) is 11.5 Å². The lowest BCUT2D eigenvalue weighted by Crippen LogP contribution is -2.06. The van der Waals surface area contributed by atoms with Gasteiger partial charge < -0.3 is 19.4 Å². The standard InChI is InChI=1S/C25H29N5O2/c1-7-32-20-11-12-21(22(13-20)31-6)30-17(4)23-16(3)28-29-25(24(23)18(30)5)26-14-19-10-8-9-15(2)27-19/h8-13H,7,14H2,1-6H3,(H,26,29). The highest BCUT2D eigenvalue weighted by atomic mass is 16.5. The van der Waals surface area contributed by atoms with Crippen LogP contribution >= 0.6 is 0 Å². The summed E-state index contributed by atoms with van der Waals surface area (Å²) in [5.41, 5.74) is 5.95. The topological polar surface area (TPSA) is 74.1 Å². The van der Waals surface area contributed by atoms with E-state index >= 15 is 0 Å². The Labute approximate surface area is 188 Å². The van der Waals surface area contributed by atoms with Crippen molar-refractivity contribution in [3.63, 3.8) is 0 Å². The van der Waals surface area contributed by atoms with Crippen LogP contribution in [0.3, 0.4) is 0 Å². The molecule has 0 spiro atoms. The van der Waals surface area contributed by atoms with E-state index in [0.717, 1.165) is 62.2 Å². The van der Waals surface area contributed by atoms with Gasteiger partial charge in [-0.25, -0.2) is 0 Å². The summed E-state index contributed by atoms with van der Waals surface area (Å²) < 4.78 is 13.6. The van der Waals surface area contributed by atoms with E-state index in [0.29, 0.717) is 13.2 Å². The molecule has 0 unspecified atom stereocenters. The van der Waals surface area contributed by atoms with E-state index in [9.17, 15) is 0 Å². The van der Waals surface area contributed by atoms with Gasteiger partial charge in [-0.2, -0.15) is 5.10 Å². The summed E-state index contributed by atoms with van der Waals surface area (Å²) in [6.07, 6.45) is 0. The van der Waals surface area contributed by atoms with E-state index in [1.807, 2.05) is 57.2 Å². The quantitative estimate of drug-likeness (QED) is 0.440. The normalized spacial score (nSPS) is 11.1. The number of methoxy groups -OCH3 is 1. The summed E-state index contributed by atoms with van der Waals surface area (Å²) in [5, 5.41) is 14.5. The monoisotopic (exact) mass is 431 g/mol. The first-order valence-electron chi connectivity index (χ1n) is 10.8. The first kappa shape index (κ1) is 21.6. The molecule has 7 nitrogen and oxygen atoms in total. The molecular formula is C25H29N5O2. The van der Waals surface area contributed by atoms with Crippen LogP contribution in [-0.4, -0.2) is 33.5 Å². The van der Waals surface area contributed by atoms with Crippen molar-refractivity contribution in [1.29, 1.82) is 0 Å². The predicted molar refractivity (Wildman–Crippen MR) is 127 cm³/mol. The van der Waals surface area contributed by atoms with Crippen LogP contribution in [0.15, 0.2) is 36.4 Å². The summed E-state index contributed by atoms with van der Waals surface area (Å²) in [4.78, 5) is 4.58. The number of hydrogen-bond donors (Lipinski definition) is 1. The molecular weight excluding hydrogens is 402 g/mol. The number of rotatable bonds is 7. The molecule has 0 bridgehead atoms. The fraction of sp³-hybridized carbons (Fsp3) is 0.320. The molecule has 0 aliphatic carbocycles. The molecule has 3 aromatic heterocycles. The molecule has 0 aliphatic rings. The number of aromatic nitrogens is 4. The molecule has 32 heavy (non-hydrogen) atoms. The average Bonchev–Trinajstić information content (AvgIpc) is 3.05. The van der Waals surface area contributed by atoms with Crippen molar-refractivity contribution in [2.75, 3.05) is 19.0 Å². The Morgan fingerprint density at radius 2 is 1.75 bits per heavy atom. The second kappa shape index (κ2) is 8.86. The van der Waals surface area contributed by atoms with Crippen molar-refractivity contribution in [1.82, 2.24) is 19.7 Å². The number of ether oxygens (including phenoxy) is 2. The number of hydrogen-bond acceptors (Lipinski definition) is 6. The van der Waals surface area contributed by atoms with Gasteiger partial charge in [0.2, 0.25) is 0 Å². The van der Waals surface area contributed by atoms with Gasteiger partial charge in [0, 0.05) is 33.9 Å². The van der Waals surface area contributed by atoms with Gasteiger partial charge in [-0.15, -0.1) is 5.10 Å². The Kier molecular flexibility index (Phi) is 5.99. The Hall–Kier alpha value is -3.61. The highest BCUT2D eigenvalue weighted by Crippen LogP contribution is 2.37. The summed E-state index contributed by atoms with van der Waals surface area (Å²) in [6.45, 7) is 11.3. The number of nitrogens with one attached hydrogen (secondary N) is 1. The summed E-state index contributed by atoms with van der Waals surface area (Å²) in [6, 6.07) is 11.9. The van der Waals surface area contributed by atoms with Crippen molar-refractivity contribution in [3.8, 4) is 17.2 Å². The maximum absolute atomic E-state index is 5.71. The fourth-order valence-corrected chi connectivity index (χ4v) is 4.25. The number of fused-ring (bicyclic) bond motifs is 1. The molecule has 0 aliphatic heterocycles. The largest absolute Gasteiger partial charge is 0.494 e. The van der Waals surface area contributed by atoms with Crippen LogP contribution in [0.5, 0.6) is 11.5 Å². The number of pyridine rings is 1. The second-order valence-electron chi connectivity index (χ2n) is 7.78. The molecule has 4 rings (SSSR count). The van der Waals surface area contributed by atoms with Gasteiger partial charge in [0.15, 0.2) is 5.82 Å². The Morgan fingerprint density at radius 3 is 2.47 bits per heavy atom. The van der Waals surface area contributed by atoms with Crippen LogP contribution in [-0.2, 0) is 6.54 Å². The van der Waals surface area contributed by atoms with Crippen LogP contribution in [0.2, 0.25) is 0 Å². The number of benzene rings is 1. The zero-order valence-electron chi connectivity index (χ0n) is 19.5. The Morgan fingerprint density at radius 1 is 0.969 bits per heavy atom. The average molecular weight is 432 g/mol. The van der Waals surface area contributed by atoms with Gasteiger partial charge in [-0.05, 0) is 58.9 Å². The van der Waals surface area contributed by atoms with Gasteiger partial charge >= 0.3 is 0 Å². The van der Waals surface area contributed by atoms with Crippen LogP contribution in [0, 0.1) is 27.7 Å².